The summed E-state index contributed by atoms with van der Waals surface area (Å²) in [5.41, 5.74) is -0.398. The first kappa shape index (κ1) is 15.0. The van der Waals surface area contributed by atoms with E-state index in [4.69, 9.17) is 11.2 Å². The summed E-state index contributed by atoms with van der Waals surface area (Å²) in [6, 6.07) is 9.81. The lowest BCUT2D eigenvalue weighted by molar-refractivity contribution is -0.0458. The van der Waals surface area contributed by atoms with Gasteiger partial charge in [0.25, 0.3) is 5.91 Å². The summed E-state index contributed by atoms with van der Waals surface area (Å²) in [5, 5.41) is 21.4. The van der Waals surface area contributed by atoms with Gasteiger partial charge in [-0.2, -0.15) is 4.98 Å². The molecule has 0 aliphatic carbocycles. The fourth-order valence-electron chi connectivity index (χ4n) is 2.37. The van der Waals surface area contributed by atoms with Crippen LogP contribution in [-0.4, -0.2) is 44.5 Å². The third kappa shape index (κ3) is 3.35. The van der Waals surface area contributed by atoms with Gasteiger partial charge in [-0.1, -0.05) is 18.2 Å². The van der Waals surface area contributed by atoms with E-state index in [2.05, 4.69) is 10.3 Å². The highest BCUT2D eigenvalue weighted by Crippen LogP contribution is 2.27. The fraction of sp³-hybridized carbons (Fsp3) is 0.312. The molecule has 0 unspecified atom stereocenters. The molecule has 126 valence electrons. The summed E-state index contributed by atoms with van der Waals surface area (Å²) in [4.78, 5) is 28.0. The summed E-state index contributed by atoms with van der Waals surface area (Å²) in [6.45, 7) is -0.463. The monoisotopic (exact) mass is 332 g/mol. The van der Waals surface area contributed by atoms with Gasteiger partial charge in [0.15, 0.2) is 0 Å². The summed E-state index contributed by atoms with van der Waals surface area (Å²) in [7, 11) is 0. The van der Waals surface area contributed by atoms with Gasteiger partial charge >= 0.3 is 5.69 Å². The molecule has 1 saturated heterocycles. The first-order valence-corrected chi connectivity index (χ1v) is 7.36. The Bertz CT molecular complexity index is 828. The number of benzene rings is 1. The molecule has 3 N–H and O–H groups in total. The van der Waals surface area contributed by atoms with E-state index < -0.39 is 36.6 Å². The number of carbonyl (C=O) groups is 1. The molecule has 0 bridgehead atoms. The van der Waals surface area contributed by atoms with Crippen molar-refractivity contribution in [2.24, 2.45) is 0 Å². The molecule has 24 heavy (non-hydrogen) atoms. The van der Waals surface area contributed by atoms with Crippen LogP contribution in [0.3, 0.4) is 0 Å². The van der Waals surface area contributed by atoms with E-state index in [1.807, 2.05) is 0 Å². The van der Waals surface area contributed by atoms with E-state index in [-0.39, 0.29) is 12.2 Å². The predicted molar refractivity (Wildman–Crippen MR) is 84.5 cm³/mol. The lowest BCUT2D eigenvalue weighted by Gasteiger charge is -2.14. The van der Waals surface area contributed by atoms with E-state index in [1.54, 1.807) is 30.3 Å². The molecule has 1 fully saturated rings. The number of aliphatic hydroxyl groups is 2. The lowest BCUT2D eigenvalue weighted by Crippen LogP contribution is -2.28. The molecule has 1 aromatic heterocycles. The van der Waals surface area contributed by atoms with Crippen LogP contribution in [0.25, 0.3) is 0 Å². The second kappa shape index (κ2) is 6.91. The Morgan fingerprint density at radius 2 is 2.17 bits per heavy atom. The van der Waals surface area contributed by atoms with Crippen molar-refractivity contribution >= 4 is 11.7 Å². The number of nitrogens with one attached hydrogen (secondary N) is 1. The molecule has 2 aromatic rings. The number of anilines is 1. The van der Waals surface area contributed by atoms with Crippen LogP contribution >= 0.6 is 0 Å². The predicted octanol–water partition coefficient (Wildman–Crippen LogP) is 0.136. The van der Waals surface area contributed by atoms with Gasteiger partial charge in [0.2, 0.25) is 0 Å². The summed E-state index contributed by atoms with van der Waals surface area (Å²) in [5.74, 6) is -0.380. The van der Waals surface area contributed by atoms with Crippen molar-refractivity contribution in [3.63, 3.8) is 0 Å². The molecule has 8 nitrogen and oxygen atoms in total. The highest BCUT2D eigenvalue weighted by atomic mass is 16.5. The number of nitrogens with zero attached hydrogens (tertiary/aromatic N) is 2. The average Bonchev–Trinajstić information content (AvgIpc) is 2.90. The molecule has 8 heteroatoms. The number of amides is 1. The van der Waals surface area contributed by atoms with Gasteiger partial charge in [-0.3, -0.25) is 9.36 Å². The molecule has 1 aliphatic rings. The van der Waals surface area contributed by atoms with Crippen LogP contribution < -0.4 is 11.0 Å². The maximum Gasteiger partial charge on any atom is 0.351 e. The van der Waals surface area contributed by atoms with Crippen LogP contribution in [0.5, 0.6) is 0 Å². The normalized spacial score (nSPS) is 26.8. The van der Waals surface area contributed by atoms with Gasteiger partial charge in [-0.15, -0.1) is 0 Å². The molecular formula is C16H17N3O5. The van der Waals surface area contributed by atoms with E-state index >= 15 is 0 Å². The number of ether oxygens (including phenoxy) is 1. The zero-order valence-corrected chi connectivity index (χ0v) is 12.6. The molecule has 0 radical (unpaired) electrons. The van der Waals surface area contributed by atoms with Crippen LogP contribution in [-0.2, 0) is 4.74 Å². The number of carbonyl (C=O) groups excluding carboxylic acids is 1. The molecular weight excluding hydrogens is 314 g/mol. The minimum Gasteiger partial charge on any atom is -0.394 e. The number of aromatic nitrogens is 2. The van der Waals surface area contributed by atoms with Crippen molar-refractivity contribution in [3.8, 4) is 0 Å². The molecule has 1 amide bonds. The van der Waals surface area contributed by atoms with Crippen LogP contribution in [0.1, 0.15) is 24.4 Å². The third-order valence-corrected chi connectivity index (χ3v) is 3.63. The largest absolute Gasteiger partial charge is 0.394 e. The molecule has 1 aliphatic heterocycles. The Hall–Kier alpha value is -2.55. The fourth-order valence-corrected chi connectivity index (χ4v) is 2.37. The SMILES string of the molecule is [2H][C@]1(n2ccc(NC(=O)c3ccccc3)nc2=O)C[C@H](O)[C@@H](CO)O1. The molecule has 3 atom stereocenters. The number of aliphatic hydroxyl groups excluding tert-OH is 2. The summed E-state index contributed by atoms with van der Waals surface area (Å²) in [6.07, 6.45) is -2.79. The Kier molecular flexibility index (Phi) is 4.32. The minimum absolute atomic E-state index is 0.0379. The average molecular weight is 332 g/mol. The highest BCUT2D eigenvalue weighted by molar-refractivity contribution is 6.03. The van der Waals surface area contributed by atoms with Gasteiger partial charge in [-0.05, 0) is 18.2 Å². The van der Waals surface area contributed by atoms with Crippen molar-refractivity contribution in [1.29, 1.82) is 0 Å². The van der Waals surface area contributed by atoms with Gasteiger partial charge in [0.1, 0.15) is 18.1 Å². The second-order valence-corrected chi connectivity index (χ2v) is 5.29. The summed E-state index contributed by atoms with van der Waals surface area (Å²) < 4.78 is 14.4. The Balaban J connectivity index is 1.80. The molecule has 3 rings (SSSR count). The standard InChI is InChI=1S/C16H17N3O5/c20-9-12-11(21)8-14(24-12)19-7-6-13(18-16(19)23)17-15(22)10-4-2-1-3-5-10/h1-7,11-12,14,20-21H,8-9H2,(H,17,18,22,23)/t11-,12+,14+/m0/s1/i14D. The minimum atomic E-state index is -1.86. The molecule has 1 aromatic carbocycles. The zero-order valence-electron chi connectivity index (χ0n) is 13.6. The molecule has 0 saturated carbocycles. The first-order valence-electron chi connectivity index (χ1n) is 7.86. The van der Waals surface area contributed by atoms with E-state index in [0.717, 1.165) is 4.57 Å². The number of rotatable bonds is 4. The Morgan fingerprint density at radius 3 is 2.79 bits per heavy atom. The molecule has 2 heterocycles. The van der Waals surface area contributed by atoms with Gasteiger partial charge in [0.05, 0.1) is 14.1 Å². The van der Waals surface area contributed by atoms with Crippen molar-refractivity contribution in [2.75, 3.05) is 11.9 Å². The topological polar surface area (TPSA) is 114 Å². The quantitative estimate of drug-likeness (QED) is 0.734. The smallest absolute Gasteiger partial charge is 0.351 e. The van der Waals surface area contributed by atoms with Crippen LogP contribution in [0.4, 0.5) is 5.82 Å². The van der Waals surface area contributed by atoms with Gasteiger partial charge in [-0.25, -0.2) is 4.79 Å². The molecule has 0 spiro atoms. The van der Waals surface area contributed by atoms with E-state index in [1.165, 1.54) is 12.3 Å². The van der Waals surface area contributed by atoms with Crippen molar-refractivity contribution in [2.45, 2.75) is 24.8 Å². The van der Waals surface area contributed by atoms with Crippen LogP contribution in [0.2, 0.25) is 0 Å². The van der Waals surface area contributed by atoms with Gasteiger partial charge in [0, 0.05) is 18.2 Å². The second-order valence-electron chi connectivity index (χ2n) is 5.29. The first-order chi connectivity index (χ1) is 11.9. The number of hydrogen-bond donors (Lipinski definition) is 3. The Morgan fingerprint density at radius 1 is 1.42 bits per heavy atom. The van der Waals surface area contributed by atoms with Gasteiger partial charge < -0.3 is 20.3 Å². The zero-order chi connectivity index (χ0) is 18.0. The van der Waals surface area contributed by atoms with Crippen LogP contribution in [0.15, 0.2) is 47.4 Å². The van der Waals surface area contributed by atoms with E-state index in [0.29, 0.717) is 5.56 Å². The Labute approximate surface area is 138 Å². The van der Waals surface area contributed by atoms with Crippen molar-refractivity contribution < 1.29 is 21.1 Å². The van der Waals surface area contributed by atoms with E-state index in [9.17, 15) is 14.7 Å². The lowest BCUT2D eigenvalue weighted by atomic mass is 10.2. The van der Waals surface area contributed by atoms with Crippen LogP contribution in [0, 0.1) is 0 Å². The van der Waals surface area contributed by atoms with Crippen molar-refractivity contribution in [3.05, 3.63) is 58.6 Å². The third-order valence-electron chi connectivity index (χ3n) is 3.63. The summed E-state index contributed by atoms with van der Waals surface area (Å²) >= 11 is 0. The van der Waals surface area contributed by atoms with Crippen molar-refractivity contribution in [1.82, 2.24) is 9.55 Å². The maximum atomic E-state index is 12.2. The maximum absolute atomic E-state index is 12.2. The number of hydrogen-bond acceptors (Lipinski definition) is 6. The highest BCUT2D eigenvalue weighted by Gasteiger charge is 2.34.